The van der Waals surface area contributed by atoms with E-state index < -0.39 is 0 Å². The van der Waals surface area contributed by atoms with Crippen LogP contribution in [0.15, 0.2) is 30.3 Å². The first-order valence-electron chi connectivity index (χ1n) is 8.56. The molecule has 0 aliphatic rings. The largest absolute Gasteiger partial charge is 0.507 e. The Kier molecular flexibility index (Phi) is 4.99. The maximum Gasteiger partial charge on any atom is 0.126 e. The Morgan fingerprint density at radius 1 is 0.920 bits per heavy atom. The van der Waals surface area contributed by atoms with Crippen LogP contribution in [0.4, 0.5) is 0 Å². The average molecular weight is 339 g/mol. The second-order valence-electron chi connectivity index (χ2n) is 8.52. The van der Waals surface area contributed by atoms with Crippen molar-refractivity contribution in [3.63, 3.8) is 0 Å². The molecule has 0 saturated carbocycles. The van der Waals surface area contributed by atoms with E-state index in [0.717, 1.165) is 33.6 Å². The number of phenols is 1. The molecule has 0 fully saturated rings. The summed E-state index contributed by atoms with van der Waals surface area (Å²) in [5.74, 6) is 1.13. The molecule has 0 unspecified atom stereocenters. The zero-order valence-corrected chi connectivity index (χ0v) is 16.3. The van der Waals surface area contributed by atoms with Gasteiger partial charge in [0.1, 0.15) is 11.5 Å². The number of phenolic OH excluding ortho intramolecular Hbond substituents is 1. The Hall–Kier alpha value is -2.29. The molecule has 0 spiro atoms. The summed E-state index contributed by atoms with van der Waals surface area (Å²) >= 11 is 0. The second kappa shape index (κ2) is 6.55. The molecule has 2 N–H and O–H groups in total. The molecule has 0 atom stereocenters. The van der Waals surface area contributed by atoms with Gasteiger partial charge in [-0.3, -0.25) is 0 Å². The molecular formula is C22H29NO2. The molecule has 0 radical (unpaired) electrons. The zero-order chi connectivity index (χ0) is 19.0. The first-order valence-corrected chi connectivity index (χ1v) is 8.56. The molecular weight excluding hydrogens is 310 g/mol. The predicted octanol–water partition coefficient (Wildman–Crippen LogP) is 5.66. The van der Waals surface area contributed by atoms with Crippen molar-refractivity contribution in [2.75, 3.05) is 7.11 Å². The van der Waals surface area contributed by atoms with Crippen LogP contribution in [-0.2, 0) is 10.8 Å². The fourth-order valence-corrected chi connectivity index (χ4v) is 2.97. The fraction of sp³-hybridized carbons (Fsp3) is 0.409. The van der Waals surface area contributed by atoms with Crippen molar-refractivity contribution in [2.45, 2.75) is 52.4 Å². The summed E-state index contributed by atoms with van der Waals surface area (Å²) in [5, 5.41) is 18.4. The molecule has 0 bridgehead atoms. The molecule has 0 aliphatic heterocycles. The van der Waals surface area contributed by atoms with Crippen molar-refractivity contribution in [3.8, 4) is 22.6 Å². The van der Waals surface area contributed by atoms with Crippen molar-refractivity contribution in [1.29, 1.82) is 5.41 Å². The third kappa shape index (κ3) is 3.87. The minimum atomic E-state index is -0.188. The molecule has 134 valence electrons. The molecule has 0 heterocycles. The minimum absolute atomic E-state index is 0.188. The van der Waals surface area contributed by atoms with Crippen LogP contribution in [0, 0.1) is 5.41 Å². The van der Waals surface area contributed by atoms with Crippen molar-refractivity contribution < 1.29 is 9.84 Å². The number of hydrogen-bond donors (Lipinski definition) is 2. The number of hydrogen-bond acceptors (Lipinski definition) is 3. The van der Waals surface area contributed by atoms with E-state index in [4.69, 9.17) is 10.1 Å². The van der Waals surface area contributed by atoms with Crippen molar-refractivity contribution in [3.05, 3.63) is 47.0 Å². The van der Waals surface area contributed by atoms with Gasteiger partial charge < -0.3 is 15.3 Å². The highest BCUT2D eigenvalue weighted by molar-refractivity contribution is 5.83. The standard InChI is InChI=1S/C22H29NO2/c1-21(2,3)17-11-15(12-18(20(17)24)22(4,5)6)16-10-14(13-23)8-9-19(16)25-7/h8-13,23-24H,1-7H3. The first-order chi connectivity index (χ1) is 11.5. The maximum absolute atomic E-state index is 10.9. The van der Waals surface area contributed by atoms with Gasteiger partial charge in [0.25, 0.3) is 0 Å². The highest BCUT2D eigenvalue weighted by Crippen LogP contribution is 2.43. The quantitative estimate of drug-likeness (QED) is 0.709. The van der Waals surface area contributed by atoms with E-state index >= 15 is 0 Å². The third-order valence-electron chi connectivity index (χ3n) is 4.43. The summed E-state index contributed by atoms with van der Waals surface area (Å²) in [4.78, 5) is 0. The van der Waals surface area contributed by atoms with Gasteiger partial charge in [0.15, 0.2) is 0 Å². The van der Waals surface area contributed by atoms with Gasteiger partial charge in [-0.05, 0) is 52.3 Å². The zero-order valence-electron chi connectivity index (χ0n) is 16.3. The summed E-state index contributed by atoms with van der Waals surface area (Å²) in [6.07, 6.45) is 1.33. The van der Waals surface area contributed by atoms with E-state index in [1.165, 1.54) is 6.21 Å². The van der Waals surface area contributed by atoms with Crippen LogP contribution in [0.1, 0.15) is 58.2 Å². The van der Waals surface area contributed by atoms with E-state index in [9.17, 15) is 5.11 Å². The summed E-state index contributed by atoms with van der Waals surface area (Å²) < 4.78 is 5.54. The second-order valence-corrected chi connectivity index (χ2v) is 8.52. The van der Waals surface area contributed by atoms with Crippen LogP contribution < -0.4 is 4.74 Å². The molecule has 25 heavy (non-hydrogen) atoms. The Balaban J connectivity index is 2.85. The Morgan fingerprint density at radius 3 is 1.84 bits per heavy atom. The summed E-state index contributed by atoms with van der Waals surface area (Å²) in [6, 6.07) is 9.78. The van der Waals surface area contributed by atoms with Crippen LogP contribution in [0.3, 0.4) is 0 Å². The van der Waals surface area contributed by atoms with E-state index in [0.29, 0.717) is 5.75 Å². The molecule has 3 heteroatoms. The smallest absolute Gasteiger partial charge is 0.126 e. The van der Waals surface area contributed by atoms with Crippen molar-refractivity contribution >= 4 is 6.21 Å². The molecule has 0 saturated heterocycles. The highest BCUT2D eigenvalue weighted by Gasteiger charge is 2.27. The van der Waals surface area contributed by atoms with Gasteiger partial charge in [-0.25, -0.2) is 0 Å². The summed E-state index contributed by atoms with van der Waals surface area (Å²) in [5.41, 5.74) is 4.19. The van der Waals surface area contributed by atoms with Crippen LogP contribution in [0.25, 0.3) is 11.1 Å². The van der Waals surface area contributed by atoms with Crippen LogP contribution >= 0.6 is 0 Å². The summed E-state index contributed by atoms with van der Waals surface area (Å²) in [7, 11) is 1.65. The van der Waals surface area contributed by atoms with Crippen molar-refractivity contribution in [2.24, 2.45) is 0 Å². The number of ether oxygens (including phenoxy) is 1. The molecule has 2 aromatic rings. The average Bonchev–Trinajstić information content (AvgIpc) is 2.52. The van der Waals surface area contributed by atoms with Gasteiger partial charge in [-0.2, -0.15) is 0 Å². The lowest BCUT2D eigenvalue weighted by molar-refractivity contribution is 0.415. The monoisotopic (exact) mass is 339 g/mol. The van der Waals surface area contributed by atoms with Gasteiger partial charge in [0.05, 0.1) is 7.11 Å². The molecule has 2 rings (SSSR count). The normalized spacial score (nSPS) is 12.1. The number of benzene rings is 2. The lowest BCUT2D eigenvalue weighted by atomic mass is 9.77. The van der Waals surface area contributed by atoms with Crippen LogP contribution in [0.2, 0.25) is 0 Å². The van der Waals surface area contributed by atoms with E-state index in [1.54, 1.807) is 7.11 Å². The number of aromatic hydroxyl groups is 1. The maximum atomic E-state index is 10.9. The SMILES string of the molecule is COc1ccc(C=N)cc1-c1cc(C(C)(C)C)c(O)c(C(C)(C)C)c1. The topological polar surface area (TPSA) is 53.3 Å². The third-order valence-corrected chi connectivity index (χ3v) is 4.43. The fourth-order valence-electron chi connectivity index (χ4n) is 2.97. The Morgan fingerprint density at radius 2 is 1.44 bits per heavy atom. The molecule has 3 nitrogen and oxygen atoms in total. The van der Waals surface area contributed by atoms with E-state index in [1.807, 2.05) is 30.3 Å². The van der Waals surface area contributed by atoms with Gasteiger partial charge in [0, 0.05) is 22.9 Å². The molecule has 0 aromatic heterocycles. The first kappa shape index (κ1) is 19.0. The van der Waals surface area contributed by atoms with Crippen molar-refractivity contribution in [1.82, 2.24) is 0 Å². The Bertz CT molecular complexity index is 758. The van der Waals surface area contributed by atoms with E-state index in [2.05, 4.69) is 41.5 Å². The number of nitrogens with one attached hydrogen (secondary N) is 1. The lowest BCUT2D eigenvalue weighted by Gasteiger charge is -2.28. The molecule has 0 amide bonds. The van der Waals surface area contributed by atoms with E-state index in [-0.39, 0.29) is 10.8 Å². The Labute approximate surface area is 151 Å². The van der Waals surface area contributed by atoms with Crippen LogP contribution in [-0.4, -0.2) is 18.4 Å². The van der Waals surface area contributed by atoms with Gasteiger partial charge in [0.2, 0.25) is 0 Å². The van der Waals surface area contributed by atoms with Gasteiger partial charge in [-0.15, -0.1) is 0 Å². The molecule has 2 aromatic carbocycles. The number of rotatable bonds is 3. The highest BCUT2D eigenvalue weighted by atomic mass is 16.5. The number of methoxy groups -OCH3 is 1. The molecule has 0 aliphatic carbocycles. The minimum Gasteiger partial charge on any atom is -0.507 e. The summed E-state index contributed by atoms with van der Waals surface area (Å²) in [6.45, 7) is 12.6. The van der Waals surface area contributed by atoms with Gasteiger partial charge in [-0.1, -0.05) is 41.5 Å². The lowest BCUT2D eigenvalue weighted by Crippen LogP contribution is -2.17. The van der Waals surface area contributed by atoms with Gasteiger partial charge >= 0.3 is 0 Å². The predicted molar refractivity (Wildman–Crippen MR) is 105 cm³/mol. The van der Waals surface area contributed by atoms with Crippen LogP contribution in [0.5, 0.6) is 11.5 Å².